The maximum atomic E-state index is 11.6. The molecule has 2 heterocycles. The van der Waals surface area contributed by atoms with Gasteiger partial charge in [0.2, 0.25) is 5.91 Å². The second kappa shape index (κ2) is 5.00. The van der Waals surface area contributed by atoms with E-state index < -0.39 is 0 Å². The normalized spacial score (nSPS) is 10.7. The molecule has 0 saturated carbocycles. The van der Waals surface area contributed by atoms with Gasteiger partial charge in [0, 0.05) is 24.6 Å². The standard InChI is InChI=1S/C13H15N3O2/c1-8(2)13(17)16-12-6-10(4-5-14-12)11-7-15-9(3)18-11/h4-8H,1-3H3,(H,14,16,17). The predicted molar refractivity (Wildman–Crippen MR) is 67.9 cm³/mol. The zero-order chi connectivity index (χ0) is 13.1. The maximum absolute atomic E-state index is 11.6. The fourth-order valence-electron chi connectivity index (χ4n) is 1.42. The molecule has 1 amide bonds. The monoisotopic (exact) mass is 245 g/mol. The molecule has 0 spiro atoms. The van der Waals surface area contributed by atoms with Gasteiger partial charge in [-0.2, -0.15) is 0 Å². The van der Waals surface area contributed by atoms with E-state index in [4.69, 9.17) is 4.42 Å². The SMILES string of the molecule is Cc1ncc(-c2ccnc(NC(=O)C(C)C)c2)o1. The molecule has 94 valence electrons. The summed E-state index contributed by atoms with van der Waals surface area (Å²) in [5.74, 6) is 1.64. The Morgan fingerprint density at radius 3 is 2.78 bits per heavy atom. The van der Waals surface area contributed by atoms with Crippen LogP contribution in [0.2, 0.25) is 0 Å². The van der Waals surface area contributed by atoms with Crippen molar-refractivity contribution in [2.45, 2.75) is 20.8 Å². The van der Waals surface area contributed by atoms with Gasteiger partial charge >= 0.3 is 0 Å². The number of carbonyl (C=O) groups excluding carboxylic acids is 1. The van der Waals surface area contributed by atoms with E-state index in [-0.39, 0.29) is 11.8 Å². The van der Waals surface area contributed by atoms with Gasteiger partial charge < -0.3 is 9.73 Å². The van der Waals surface area contributed by atoms with Crippen LogP contribution < -0.4 is 5.32 Å². The van der Waals surface area contributed by atoms with Crippen LogP contribution in [-0.4, -0.2) is 15.9 Å². The number of aryl methyl sites for hydroxylation is 1. The van der Waals surface area contributed by atoms with Crippen molar-refractivity contribution in [2.24, 2.45) is 5.92 Å². The van der Waals surface area contributed by atoms with Crippen molar-refractivity contribution in [3.8, 4) is 11.3 Å². The van der Waals surface area contributed by atoms with Gasteiger partial charge in [-0.25, -0.2) is 9.97 Å². The summed E-state index contributed by atoms with van der Waals surface area (Å²) in [6, 6.07) is 3.57. The molecule has 0 aliphatic rings. The first kappa shape index (κ1) is 12.3. The van der Waals surface area contributed by atoms with Crippen molar-refractivity contribution in [1.29, 1.82) is 0 Å². The lowest BCUT2D eigenvalue weighted by Gasteiger charge is -2.07. The number of hydrogen-bond acceptors (Lipinski definition) is 4. The van der Waals surface area contributed by atoms with Crippen LogP contribution in [0.4, 0.5) is 5.82 Å². The molecule has 0 fully saturated rings. The van der Waals surface area contributed by atoms with Crippen molar-refractivity contribution in [2.75, 3.05) is 5.32 Å². The summed E-state index contributed by atoms with van der Waals surface area (Å²) in [6.45, 7) is 5.45. The Balaban J connectivity index is 2.23. The number of carbonyl (C=O) groups is 1. The molecule has 0 atom stereocenters. The van der Waals surface area contributed by atoms with E-state index in [9.17, 15) is 4.79 Å². The third-order valence-corrected chi connectivity index (χ3v) is 2.44. The molecular formula is C13H15N3O2. The first-order valence-corrected chi connectivity index (χ1v) is 5.76. The van der Waals surface area contributed by atoms with E-state index in [2.05, 4.69) is 15.3 Å². The van der Waals surface area contributed by atoms with Crippen molar-refractivity contribution in [3.63, 3.8) is 0 Å². The average Bonchev–Trinajstić information content (AvgIpc) is 2.76. The van der Waals surface area contributed by atoms with E-state index in [0.717, 1.165) is 5.56 Å². The molecule has 18 heavy (non-hydrogen) atoms. The fraction of sp³-hybridized carbons (Fsp3) is 0.308. The third kappa shape index (κ3) is 2.74. The minimum absolute atomic E-state index is 0.0617. The summed E-state index contributed by atoms with van der Waals surface area (Å²) < 4.78 is 5.43. The summed E-state index contributed by atoms with van der Waals surface area (Å²) >= 11 is 0. The number of nitrogens with one attached hydrogen (secondary N) is 1. The van der Waals surface area contributed by atoms with Crippen molar-refractivity contribution in [3.05, 3.63) is 30.4 Å². The fourth-order valence-corrected chi connectivity index (χ4v) is 1.42. The van der Waals surface area contributed by atoms with E-state index in [1.54, 1.807) is 25.4 Å². The minimum Gasteiger partial charge on any atom is -0.441 e. The Hall–Kier alpha value is -2.17. The zero-order valence-electron chi connectivity index (χ0n) is 10.6. The molecule has 0 radical (unpaired) electrons. The van der Waals surface area contributed by atoms with Crippen molar-refractivity contribution < 1.29 is 9.21 Å². The molecule has 0 aliphatic carbocycles. The Labute approximate surface area is 105 Å². The second-order valence-corrected chi connectivity index (χ2v) is 4.32. The molecule has 0 aliphatic heterocycles. The van der Waals surface area contributed by atoms with Gasteiger partial charge in [0.05, 0.1) is 6.20 Å². The number of amides is 1. The molecule has 0 bridgehead atoms. The average molecular weight is 245 g/mol. The molecule has 2 aromatic heterocycles. The second-order valence-electron chi connectivity index (χ2n) is 4.32. The highest BCUT2D eigenvalue weighted by Crippen LogP contribution is 2.21. The van der Waals surface area contributed by atoms with Crippen LogP contribution in [0.3, 0.4) is 0 Å². The number of nitrogens with zero attached hydrogens (tertiary/aromatic N) is 2. The lowest BCUT2D eigenvalue weighted by atomic mass is 10.2. The Morgan fingerprint density at radius 2 is 2.17 bits per heavy atom. The topological polar surface area (TPSA) is 68.0 Å². The Bertz CT molecular complexity index is 561. The number of anilines is 1. The largest absolute Gasteiger partial charge is 0.441 e. The number of rotatable bonds is 3. The summed E-state index contributed by atoms with van der Waals surface area (Å²) in [4.78, 5) is 19.7. The molecule has 5 heteroatoms. The van der Waals surface area contributed by atoms with E-state index in [1.165, 1.54) is 0 Å². The highest BCUT2D eigenvalue weighted by atomic mass is 16.4. The van der Waals surface area contributed by atoms with Gasteiger partial charge in [-0.15, -0.1) is 0 Å². The van der Waals surface area contributed by atoms with Gasteiger partial charge in [-0.3, -0.25) is 4.79 Å². The lowest BCUT2D eigenvalue weighted by Crippen LogP contribution is -2.18. The van der Waals surface area contributed by atoms with Crippen LogP contribution in [0.25, 0.3) is 11.3 Å². The predicted octanol–water partition coefficient (Wildman–Crippen LogP) is 2.64. The lowest BCUT2D eigenvalue weighted by molar-refractivity contribution is -0.118. The Kier molecular flexibility index (Phi) is 3.41. The van der Waals surface area contributed by atoms with Crippen LogP contribution in [-0.2, 0) is 4.79 Å². The van der Waals surface area contributed by atoms with Crippen LogP contribution in [0.15, 0.2) is 28.9 Å². The van der Waals surface area contributed by atoms with E-state index >= 15 is 0 Å². The van der Waals surface area contributed by atoms with Crippen LogP contribution in [0.5, 0.6) is 0 Å². The molecule has 0 aromatic carbocycles. The van der Waals surface area contributed by atoms with Crippen LogP contribution in [0, 0.1) is 12.8 Å². The first-order chi connectivity index (χ1) is 8.56. The summed E-state index contributed by atoms with van der Waals surface area (Å²) in [5.41, 5.74) is 0.838. The third-order valence-electron chi connectivity index (χ3n) is 2.44. The quantitative estimate of drug-likeness (QED) is 0.902. The first-order valence-electron chi connectivity index (χ1n) is 5.76. The molecule has 2 rings (SSSR count). The highest BCUT2D eigenvalue weighted by Gasteiger charge is 2.09. The van der Waals surface area contributed by atoms with Crippen LogP contribution in [0.1, 0.15) is 19.7 Å². The van der Waals surface area contributed by atoms with E-state index in [0.29, 0.717) is 17.5 Å². The smallest absolute Gasteiger partial charge is 0.228 e. The number of oxazole rings is 1. The van der Waals surface area contributed by atoms with Gasteiger partial charge in [0.1, 0.15) is 5.82 Å². The van der Waals surface area contributed by atoms with Crippen LogP contribution >= 0.6 is 0 Å². The van der Waals surface area contributed by atoms with Gasteiger partial charge in [-0.05, 0) is 12.1 Å². The summed E-state index contributed by atoms with van der Waals surface area (Å²) in [7, 11) is 0. The number of hydrogen-bond donors (Lipinski definition) is 1. The van der Waals surface area contributed by atoms with Crippen molar-refractivity contribution >= 4 is 11.7 Å². The maximum Gasteiger partial charge on any atom is 0.228 e. The molecular weight excluding hydrogens is 230 g/mol. The summed E-state index contributed by atoms with van der Waals surface area (Å²) in [6.07, 6.45) is 3.28. The molecule has 0 saturated heterocycles. The minimum atomic E-state index is -0.0806. The zero-order valence-corrected chi connectivity index (χ0v) is 10.6. The number of aromatic nitrogens is 2. The molecule has 2 aromatic rings. The molecule has 1 N–H and O–H groups in total. The van der Waals surface area contributed by atoms with E-state index in [1.807, 2.05) is 19.9 Å². The van der Waals surface area contributed by atoms with Gasteiger partial charge in [0.15, 0.2) is 11.7 Å². The number of pyridine rings is 1. The van der Waals surface area contributed by atoms with Gasteiger partial charge in [-0.1, -0.05) is 13.8 Å². The van der Waals surface area contributed by atoms with Gasteiger partial charge in [0.25, 0.3) is 0 Å². The van der Waals surface area contributed by atoms with Crippen molar-refractivity contribution in [1.82, 2.24) is 9.97 Å². The summed E-state index contributed by atoms with van der Waals surface area (Å²) in [5, 5.41) is 2.75. The highest BCUT2D eigenvalue weighted by molar-refractivity contribution is 5.91. The molecule has 0 unspecified atom stereocenters. The Morgan fingerprint density at radius 1 is 1.39 bits per heavy atom. The molecule has 5 nitrogen and oxygen atoms in total.